The molecule has 1 N–H and O–H groups in total. The number of carboxylic acid groups (broad SMARTS) is 1. The third kappa shape index (κ3) is 2.36. The van der Waals surface area contributed by atoms with Gasteiger partial charge in [0, 0.05) is 30.6 Å². The third-order valence-corrected chi connectivity index (χ3v) is 3.42. The number of rotatable bonds is 3. The minimum Gasteiger partial charge on any atom is -0.478 e. The average molecular weight is 275 g/mol. The summed E-state index contributed by atoms with van der Waals surface area (Å²) < 4.78 is 3.15. The Morgan fingerprint density at radius 3 is 2.50 bits per heavy atom. The van der Waals surface area contributed by atoms with Crippen LogP contribution in [0.3, 0.4) is 0 Å². The molecule has 6 nitrogen and oxygen atoms in total. The summed E-state index contributed by atoms with van der Waals surface area (Å²) in [7, 11) is 1.81. The van der Waals surface area contributed by atoms with Crippen LogP contribution in [-0.2, 0) is 13.6 Å². The molecule has 106 valence electrons. The van der Waals surface area contributed by atoms with Crippen molar-refractivity contribution in [2.75, 3.05) is 0 Å². The fourth-order valence-corrected chi connectivity index (χ4v) is 2.42. The lowest BCUT2D eigenvalue weighted by atomic mass is 10.1. The molecule has 0 atom stereocenters. The minimum absolute atomic E-state index is 0.186. The maximum atomic E-state index is 12.1. The molecule has 0 saturated carbocycles. The third-order valence-electron chi connectivity index (χ3n) is 3.42. The summed E-state index contributed by atoms with van der Waals surface area (Å²) in [5.41, 5.74) is 2.67. The first-order chi connectivity index (χ1) is 9.31. The first-order valence-corrected chi connectivity index (χ1v) is 6.24. The average Bonchev–Trinajstić information content (AvgIpc) is 2.62. The molecule has 0 unspecified atom stereocenters. The lowest BCUT2D eigenvalue weighted by molar-refractivity contribution is 0.0694. The van der Waals surface area contributed by atoms with E-state index in [4.69, 9.17) is 0 Å². The van der Waals surface area contributed by atoms with Gasteiger partial charge in [-0.25, -0.2) is 4.79 Å². The zero-order chi connectivity index (χ0) is 15.0. The van der Waals surface area contributed by atoms with Crippen LogP contribution in [-0.4, -0.2) is 25.4 Å². The first kappa shape index (κ1) is 14.0. The Labute approximate surface area is 116 Å². The maximum Gasteiger partial charge on any atom is 0.337 e. The SMILES string of the molecule is Cc1cc(=O)n(Cc2cn(C)nc2C)c(C)c1C(=O)O. The van der Waals surface area contributed by atoms with E-state index in [0.29, 0.717) is 17.8 Å². The summed E-state index contributed by atoms with van der Waals surface area (Å²) >= 11 is 0. The Morgan fingerprint density at radius 2 is 2.00 bits per heavy atom. The van der Waals surface area contributed by atoms with Crippen LogP contribution < -0.4 is 5.56 Å². The monoisotopic (exact) mass is 275 g/mol. The molecule has 6 heteroatoms. The van der Waals surface area contributed by atoms with E-state index < -0.39 is 5.97 Å². The fraction of sp³-hybridized carbons (Fsp3) is 0.357. The van der Waals surface area contributed by atoms with Crippen LogP contribution in [0.1, 0.15) is 32.9 Å². The van der Waals surface area contributed by atoms with Gasteiger partial charge in [-0.2, -0.15) is 5.10 Å². The summed E-state index contributed by atoms with van der Waals surface area (Å²) in [4.78, 5) is 23.4. The molecule has 0 amide bonds. The van der Waals surface area contributed by atoms with E-state index in [-0.39, 0.29) is 11.1 Å². The van der Waals surface area contributed by atoms with E-state index in [0.717, 1.165) is 11.3 Å². The predicted molar refractivity (Wildman–Crippen MR) is 74.2 cm³/mol. The highest BCUT2D eigenvalue weighted by molar-refractivity contribution is 5.90. The number of aromatic carboxylic acids is 1. The van der Waals surface area contributed by atoms with Crippen LogP contribution in [0.4, 0.5) is 0 Å². The van der Waals surface area contributed by atoms with E-state index in [1.54, 1.807) is 18.5 Å². The number of carboxylic acids is 1. The number of aromatic nitrogens is 3. The van der Waals surface area contributed by atoms with E-state index in [1.165, 1.54) is 10.6 Å². The molecule has 0 saturated heterocycles. The predicted octanol–water partition coefficient (Wildman–Crippen LogP) is 1.25. The van der Waals surface area contributed by atoms with Crippen molar-refractivity contribution in [3.63, 3.8) is 0 Å². The molecule has 0 aliphatic heterocycles. The number of carbonyl (C=O) groups is 1. The van der Waals surface area contributed by atoms with E-state index in [2.05, 4.69) is 5.10 Å². The summed E-state index contributed by atoms with van der Waals surface area (Å²) in [5, 5.41) is 13.5. The molecule has 2 aromatic heterocycles. The van der Waals surface area contributed by atoms with Gasteiger partial charge >= 0.3 is 5.97 Å². The quantitative estimate of drug-likeness (QED) is 0.914. The highest BCUT2D eigenvalue weighted by atomic mass is 16.4. The van der Waals surface area contributed by atoms with Crippen molar-refractivity contribution in [1.29, 1.82) is 0 Å². The molecule has 0 aliphatic rings. The number of hydrogen-bond donors (Lipinski definition) is 1. The molecule has 2 aromatic rings. The van der Waals surface area contributed by atoms with E-state index in [9.17, 15) is 14.7 Å². The van der Waals surface area contributed by atoms with Crippen LogP contribution in [0.2, 0.25) is 0 Å². The molecular formula is C14H17N3O3. The highest BCUT2D eigenvalue weighted by Gasteiger charge is 2.16. The van der Waals surface area contributed by atoms with Gasteiger partial charge in [0.2, 0.25) is 0 Å². The largest absolute Gasteiger partial charge is 0.478 e. The number of pyridine rings is 1. The van der Waals surface area contributed by atoms with Crippen molar-refractivity contribution in [2.45, 2.75) is 27.3 Å². The molecule has 0 radical (unpaired) electrons. The maximum absolute atomic E-state index is 12.1. The van der Waals surface area contributed by atoms with Crippen LogP contribution in [0.5, 0.6) is 0 Å². The Balaban J connectivity index is 2.57. The fourth-order valence-electron chi connectivity index (χ4n) is 2.42. The molecule has 2 rings (SSSR count). The summed E-state index contributed by atoms with van der Waals surface area (Å²) in [6.07, 6.45) is 1.83. The van der Waals surface area contributed by atoms with Gasteiger partial charge in [-0.05, 0) is 26.3 Å². The topological polar surface area (TPSA) is 77.1 Å². The van der Waals surface area contributed by atoms with E-state index in [1.807, 2.05) is 20.2 Å². The van der Waals surface area contributed by atoms with Crippen molar-refractivity contribution in [2.24, 2.45) is 7.05 Å². The summed E-state index contributed by atoms with van der Waals surface area (Å²) in [6, 6.07) is 1.36. The second kappa shape index (κ2) is 4.96. The van der Waals surface area contributed by atoms with Crippen molar-refractivity contribution in [3.05, 3.63) is 50.7 Å². The number of aryl methyl sites for hydroxylation is 3. The van der Waals surface area contributed by atoms with Crippen LogP contribution in [0.25, 0.3) is 0 Å². The van der Waals surface area contributed by atoms with Gasteiger partial charge in [0.1, 0.15) is 0 Å². The van der Waals surface area contributed by atoms with Gasteiger partial charge in [0.15, 0.2) is 0 Å². The molecule has 0 bridgehead atoms. The highest BCUT2D eigenvalue weighted by Crippen LogP contribution is 2.14. The minimum atomic E-state index is -1.02. The summed E-state index contributed by atoms with van der Waals surface area (Å²) in [6.45, 7) is 5.48. The normalized spacial score (nSPS) is 10.8. The van der Waals surface area contributed by atoms with Crippen LogP contribution >= 0.6 is 0 Å². The smallest absolute Gasteiger partial charge is 0.337 e. The van der Waals surface area contributed by atoms with Gasteiger partial charge in [-0.15, -0.1) is 0 Å². The van der Waals surface area contributed by atoms with Gasteiger partial charge < -0.3 is 9.67 Å². The molecular weight excluding hydrogens is 258 g/mol. The molecule has 0 aliphatic carbocycles. The van der Waals surface area contributed by atoms with Gasteiger partial charge in [0.05, 0.1) is 17.8 Å². The number of nitrogens with zero attached hydrogens (tertiary/aromatic N) is 3. The molecule has 0 aromatic carbocycles. The van der Waals surface area contributed by atoms with Gasteiger partial charge in [0.25, 0.3) is 5.56 Å². The van der Waals surface area contributed by atoms with Crippen molar-refractivity contribution >= 4 is 5.97 Å². The molecule has 20 heavy (non-hydrogen) atoms. The van der Waals surface area contributed by atoms with Crippen molar-refractivity contribution in [3.8, 4) is 0 Å². The van der Waals surface area contributed by atoms with Gasteiger partial charge in [-0.3, -0.25) is 9.48 Å². The van der Waals surface area contributed by atoms with Crippen LogP contribution in [0.15, 0.2) is 17.1 Å². The lowest BCUT2D eigenvalue weighted by Crippen LogP contribution is -2.26. The Kier molecular flexibility index (Phi) is 3.48. The van der Waals surface area contributed by atoms with Crippen LogP contribution in [0, 0.1) is 20.8 Å². The van der Waals surface area contributed by atoms with Crippen molar-refractivity contribution in [1.82, 2.24) is 14.3 Å². The standard InChI is InChI=1S/C14H17N3O3/c1-8-5-12(18)17(10(3)13(8)14(19)20)7-11-6-16(4)15-9(11)2/h5-6H,7H2,1-4H3,(H,19,20). The second-order valence-electron chi connectivity index (χ2n) is 4.93. The van der Waals surface area contributed by atoms with E-state index >= 15 is 0 Å². The zero-order valence-corrected chi connectivity index (χ0v) is 12.0. The Hall–Kier alpha value is -2.37. The zero-order valence-electron chi connectivity index (χ0n) is 12.0. The Morgan fingerprint density at radius 1 is 1.35 bits per heavy atom. The van der Waals surface area contributed by atoms with Crippen molar-refractivity contribution < 1.29 is 9.90 Å². The molecule has 2 heterocycles. The summed E-state index contributed by atoms with van der Waals surface area (Å²) in [5.74, 6) is -1.02. The van der Waals surface area contributed by atoms with Gasteiger partial charge in [-0.1, -0.05) is 0 Å². The molecule has 0 spiro atoms. The number of hydrogen-bond acceptors (Lipinski definition) is 3. The second-order valence-corrected chi connectivity index (χ2v) is 4.93. The Bertz CT molecular complexity index is 741. The molecule has 0 fully saturated rings. The lowest BCUT2D eigenvalue weighted by Gasteiger charge is -2.13. The first-order valence-electron chi connectivity index (χ1n) is 6.24.